The van der Waals surface area contributed by atoms with Crippen molar-refractivity contribution in [1.82, 2.24) is 9.80 Å². The summed E-state index contributed by atoms with van der Waals surface area (Å²) in [6.45, 7) is 6.51. The summed E-state index contributed by atoms with van der Waals surface area (Å²) in [4.78, 5) is 42.5. The normalized spacial score (nSPS) is 16.5. The van der Waals surface area contributed by atoms with Gasteiger partial charge in [-0.3, -0.25) is 19.7 Å². The number of anilines is 1. The highest BCUT2D eigenvalue weighted by Crippen LogP contribution is 2.37. The number of hydrogen-bond donors (Lipinski definition) is 0. The summed E-state index contributed by atoms with van der Waals surface area (Å²) in [7, 11) is 0. The second-order valence-corrected chi connectivity index (χ2v) is 9.46. The molecule has 0 unspecified atom stereocenters. The van der Waals surface area contributed by atoms with Crippen molar-refractivity contribution in [3.63, 3.8) is 0 Å². The molecule has 0 aliphatic carbocycles. The van der Waals surface area contributed by atoms with E-state index < -0.39 is 4.92 Å². The Labute approximate surface area is 208 Å². The van der Waals surface area contributed by atoms with Crippen molar-refractivity contribution in [3.05, 3.63) is 64.2 Å². The zero-order chi connectivity index (χ0) is 24.8. The molecule has 4 rings (SSSR count). The lowest BCUT2D eigenvalue weighted by Crippen LogP contribution is -2.49. The molecule has 0 aromatic heterocycles. The Kier molecular flexibility index (Phi) is 8.04. The van der Waals surface area contributed by atoms with Crippen molar-refractivity contribution in [3.8, 4) is 0 Å². The quantitative estimate of drug-likeness (QED) is 0.344. The Morgan fingerprint density at radius 1 is 1.00 bits per heavy atom. The van der Waals surface area contributed by atoms with Gasteiger partial charge in [-0.2, -0.15) is 0 Å². The molecule has 2 fully saturated rings. The first-order chi connectivity index (χ1) is 16.9. The number of benzene rings is 2. The number of carbonyl (C=O) groups is 2. The third kappa shape index (κ3) is 6.40. The van der Waals surface area contributed by atoms with Gasteiger partial charge in [0, 0.05) is 68.9 Å². The highest BCUT2D eigenvalue weighted by atomic mass is 32.2. The number of ether oxygens (including phenoxy) is 1. The largest absolute Gasteiger partial charge is 0.378 e. The van der Waals surface area contributed by atoms with E-state index in [0.29, 0.717) is 49.9 Å². The van der Waals surface area contributed by atoms with Gasteiger partial charge in [0.2, 0.25) is 11.8 Å². The van der Waals surface area contributed by atoms with Gasteiger partial charge >= 0.3 is 0 Å². The van der Waals surface area contributed by atoms with Crippen LogP contribution in [0.25, 0.3) is 6.08 Å². The van der Waals surface area contributed by atoms with Gasteiger partial charge in [-0.15, -0.1) is 0 Å². The molecule has 2 aromatic carbocycles. The molecule has 9 nitrogen and oxygen atoms in total. The van der Waals surface area contributed by atoms with Crippen LogP contribution in [0.2, 0.25) is 0 Å². The van der Waals surface area contributed by atoms with Crippen molar-refractivity contribution < 1.29 is 19.2 Å². The molecule has 10 heteroatoms. The molecule has 2 aliphatic heterocycles. The minimum Gasteiger partial charge on any atom is -0.378 e. The van der Waals surface area contributed by atoms with Crippen LogP contribution in [0.3, 0.4) is 0 Å². The molecule has 0 N–H and O–H groups in total. The van der Waals surface area contributed by atoms with Gasteiger partial charge < -0.3 is 19.4 Å². The van der Waals surface area contributed by atoms with Crippen LogP contribution in [0.5, 0.6) is 0 Å². The molecule has 2 aromatic rings. The van der Waals surface area contributed by atoms with Crippen LogP contribution in [-0.2, 0) is 14.3 Å². The van der Waals surface area contributed by atoms with E-state index in [0.717, 1.165) is 23.7 Å². The number of morpholine rings is 1. The Hall–Kier alpha value is -3.37. The molecule has 35 heavy (non-hydrogen) atoms. The number of nitro benzene ring substituents is 1. The summed E-state index contributed by atoms with van der Waals surface area (Å²) in [5.74, 6) is -0.167. The maximum Gasteiger partial charge on any atom is 0.283 e. The van der Waals surface area contributed by atoms with Crippen LogP contribution in [0.15, 0.2) is 58.3 Å². The van der Waals surface area contributed by atoms with E-state index in [4.69, 9.17) is 4.74 Å². The van der Waals surface area contributed by atoms with Gasteiger partial charge in [-0.1, -0.05) is 23.9 Å². The summed E-state index contributed by atoms with van der Waals surface area (Å²) in [6.07, 6.45) is 3.03. The van der Waals surface area contributed by atoms with E-state index in [2.05, 4.69) is 4.90 Å². The highest BCUT2D eigenvalue weighted by molar-refractivity contribution is 7.99. The first-order valence-electron chi connectivity index (χ1n) is 11.5. The average molecular weight is 497 g/mol. The zero-order valence-electron chi connectivity index (χ0n) is 19.6. The van der Waals surface area contributed by atoms with Crippen molar-refractivity contribution in [2.24, 2.45) is 0 Å². The average Bonchev–Trinajstić information content (AvgIpc) is 2.88. The number of hydrogen-bond acceptors (Lipinski definition) is 7. The van der Waals surface area contributed by atoms with Crippen molar-refractivity contribution in [2.45, 2.75) is 16.7 Å². The van der Waals surface area contributed by atoms with Gasteiger partial charge in [0.15, 0.2) is 0 Å². The van der Waals surface area contributed by atoms with Gasteiger partial charge in [0.05, 0.1) is 23.0 Å². The van der Waals surface area contributed by atoms with Crippen LogP contribution in [-0.4, -0.2) is 79.0 Å². The first-order valence-corrected chi connectivity index (χ1v) is 12.3. The van der Waals surface area contributed by atoms with Gasteiger partial charge in [0.1, 0.15) is 0 Å². The summed E-state index contributed by atoms with van der Waals surface area (Å²) >= 11 is 1.35. The predicted octanol–water partition coefficient (Wildman–Crippen LogP) is 3.29. The Morgan fingerprint density at radius 2 is 1.71 bits per heavy atom. The van der Waals surface area contributed by atoms with Crippen LogP contribution in [0.4, 0.5) is 11.4 Å². The van der Waals surface area contributed by atoms with E-state index in [1.54, 1.807) is 28.0 Å². The minimum atomic E-state index is -0.395. The Bertz CT molecular complexity index is 1120. The van der Waals surface area contributed by atoms with Gasteiger partial charge in [0.25, 0.3) is 5.69 Å². The van der Waals surface area contributed by atoms with Crippen LogP contribution < -0.4 is 4.90 Å². The van der Waals surface area contributed by atoms with Crippen LogP contribution in [0, 0.1) is 10.1 Å². The van der Waals surface area contributed by atoms with Crippen LogP contribution >= 0.6 is 11.8 Å². The van der Waals surface area contributed by atoms with Gasteiger partial charge in [-0.25, -0.2) is 0 Å². The van der Waals surface area contributed by atoms with Crippen molar-refractivity contribution in [2.75, 3.05) is 57.4 Å². The first kappa shape index (κ1) is 24.7. The highest BCUT2D eigenvalue weighted by Gasteiger charge is 2.21. The number of amides is 2. The lowest BCUT2D eigenvalue weighted by atomic mass is 10.2. The molecule has 184 valence electrons. The summed E-state index contributed by atoms with van der Waals surface area (Å²) in [6, 6.07) is 13.0. The topological polar surface area (TPSA) is 96.2 Å². The van der Waals surface area contributed by atoms with E-state index in [1.165, 1.54) is 30.8 Å². The number of nitro groups is 1. The lowest BCUT2D eigenvalue weighted by Gasteiger charge is -2.33. The second kappa shape index (κ2) is 11.4. The fourth-order valence-electron chi connectivity index (χ4n) is 4.07. The standard InChI is InChI=1S/C25H28N4O5S/c1-19(30)26-9-11-28(12-10-26)25(31)8-6-20-5-7-24(23(17-20)29(32)33)35-22-4-2-3-21(18-22)27-13-15-34-16-14-27/h2-8,17-18H,9-16H2,1H3/b8-6+. The molecule has 0 atom stereocenters. The maximum atomic E-state index is 12.5. The van der Waals surface area contributed by atoms with Crippen molar-refractivity contribution >= 4 is 41.0 Å². The number of nitrogens with zero attached hydrogens (tertiary/aromatic N) is 4. The Morgan fingerprint density at radius 3 is 2.40 bits per heavy atom. The summed E-state index contributed by atoms with van der Waals surface area (Å²) < 4.78 is 5.42. The molecule has 2 amide bonds. The molecule has 2 saturated heterocycles. The van der Waals surface area contributed by atoms with Crippen LogP contribution in [0.1, 0.15) is 12.5 Å². The van der Waals surface area contributed by atoms with E-state index in [-0.39, 0.29) is 17.5 Å². The lowest BCUT2D eigenvalue weighted by molar-refractivity contribution is -0.387. The molecule has 0 radical (unpaired) electrons. The van der Waals surface area contributed by atoms with Crippen molar-refractivity contribution in [1.29, 1.82) is 0 Å². The third-order valence-electron chi connectivity index (χ3n) is 6.06. The maximum absolute atomic E-state index is 12.5. The molecular formula is C25H28N4O5S. The fourth-order valence-corrected chi connectivity index (χ4v) is 5.03. The SMILES string of the molecule is CC(=O)N1CCN(C(=O)/C=C/c2ccc(Sc3cccc(N4CCOCC4)c3)c([N+](=O)[O-])c2)CC1. The summed E-state index contributed by atoms with van der Waals surface area (Å²) in [5.41, 5.74) is 1.65. The number of rotatable bonds is 6. The number of piperazine rings is 1. The van der Waals surface area contributed by atoms with Gasteiger partial charge in [-0.05, 0) is 35.9 Å². The molecule has 2 aliphatic rings. The predicted molar refractivity (Wildman–Crippen MR) is 135 cm³/mol. The number of carbonyl (C=O) groups excluding carboxylic acids is 2. The smallest absolute Gasteiger partial charge is 0.283 e. The second-order valence-electron chi connectivity index (χ2n) is 8.35. The molecular weight excluding hydrogens is 468 g/mol. The molecule has 0 saturated carbocycles. The Balaban J connectivity index is 1.44. The monoisotopic (exact) mass is 496 g/mol. The molecule has 0 bridgehead atoms. The molecule has 2 heterocycles. The van der Waals surface area contributed by atoms with E-state index in [1.807, 2.05) is 24.3 Å². The van der Waals surface area contributed by atoms with E-state index in [9.17, 15) is 19.7 Å². The fraction of sp³-hybridized carbons (Fsp3) is 0.360. The third-order valence-corrected chi connectivity index (χ3v) is 7.11. The minimum absolute atomic E-state index is 0.00329. The molecule has 0 spiro atoms. The summed E-state index contributed by atoms with van der Waals surface area (Å²) in [5, 5.41) is 11.8. The van der Waals surface area contributed by atoms with E-state index >= 15 is 0 Å². The zero-order valence-corrected chi connectivity index (χ0v) is 20.4.